The molecule has 75 nitrogen and oxygen atoms in total. The molecule has 8 heterocycles. The van der Waals surface area contributed by atoms with Gasteiger partial charge in [-0.25, -0.2) is 48.5 Å². The molecule has 1 unspecified atom stereocenters. The number of rotatable bonds is 44. The Kier molecular flexibility index (Phi) is 38.2. The van der Waals surface area contributed by atoms with Crippen molar-refractivity contribution in [2.24, 2.45) is 0 Å². The van der Waals surface area contributed by atoms with Crippen LogP contribution in [0.3, 0.4) is 0 Å². The Balaban J connectivity index is 1.15. The normalized spacial score (nSPS) is 39.0. The Morgan fingerprint density at radius 2 is 0.596 bits per heavy atom. The molecule has 0 saturated carbocycles. The maximum absolute atomic E-state index is 13.5. The number of carbonyl (C=O) groups excluding carboxylic acids is 1. The first-order valence-corrected chi connectivity index (χ1v) is 49.9. The fourth-order valence-corrected chi connectivity index (χ4v) is 18.4. The predicted octanol–water partition coefficient (Wildman–Crippen LogP) is -19.1. The summed E-state index contributed by atoms with van der Waals surface area (Å²) in [5, 5.41) is 148. The summed E-state index contributed by atoms with van der Waals surface area (Å²) in [6, 6.07) is -11.5. The van der Waals surface area contributed by atoms with Crippen molar-refractivity contribution < 1.29 is 325 Å². The molecule has 7 fully saturated rings. The van der Waals surface area contributed by atoms with Gasteiger partial charge in [0.25, 0.3) is 0 Å². The maximum atomic E-state index is 13.5. The van der Waals surface area contributed by atoms with Crippen molar-refractivity contribution in [3.8, 4) is 0 Å². The van der Waals surface area contributed by atoms with E-state index in [0.717, 1.165) is 9.44 Å². The lowest BCUT2D eigenvalue weighted by Gasteiger charge is -2.51. The van der Waals surface area contributed by atoms with E-state index in [9.17, 15) is 220 Å². The lowest BCUT2D eigenvalue weighted by Crippen LogP contribution is -2.72. The Morgan fingerprint density at radius 3 is 0.926 bits per heavy atom. The third-order valence-electron chi connectivity index (χ3n) is 19.1. The second-order valence-electron chi connectivity index (χ2n) is 28.5. The fraction of sp³-hybridized carbons (Fsp3) is 0.863. The number of hydrogen-bond acceptors (Lipinski definition) is 57. The molecule has 38 atom stereocenters. The molecule has 0 radical (unpaired) electrons. The van der Waals surface area contributed by atoms with Crippen LogP contribution in [0.5, 0.6) is 0 Å². The van der Waals surface area contributed by atoms with Crippen LogP contribution in [0.4, 0.5) is 0 Å². The summed E-state index contributed by atoms with van der Waals surface area (Å²) in [5.41, 5.74) is 0. The first kappa shape index (κ1) is 116. The zero-order valence-corrected chi connectivity index (χ0v) is 74.5. The van der Waals surface area contributed by atoms with Crippen LogP contribution in [0.2, 0.25) is 0 Å². The summed E-state index contributed by atoms with van der Waals surface area (Å²) in [6.45, 7) is -6.84. The Hall–Kier alpha value is -5.37. The summed E-state index contributed by atoms with van der Waals surface area (Å²) >= 11 is 0. The minimum absolute atomic E-state index is 0.430. The van der Waals surface area contributed by atoms with Gasteiger partial charge in [0, 0.05) is 14.0 Å². The molecule has 136 heavy (non-hydrogen) atoms. The first-order chi connectivity index (χ1) is 61.9. The van der Waals surface area contributed by atoms with Gasteiger partial charge in [0.1, 0.15) is 152 Å². The minimum Gasteiger partial charge on any atom is -0.479 e. The topological polar surface area (TPSA) is 1150 Å². The number of carboxylic acids is 4. The van der Waals surface area contributed by atoms with Crippen molar-refractivity contribution in [1.82, 2.24) is 19.5 Å². The molecule has 790 valence electrons. The van der Waals surface area contributed by atoms with Gasteiger partial charge in [-0.1, -0.05) is 0 Å². The van der Waals surface area contributed by atoms with Crippen LogP contribution >= 0.6 is 0 Å². The number of carboxylic acid groups (broad SMARTS) is 4. The van der Waals surface area contributed by atoms with E-state index in [1.165, 1.54) is 4.72 Å². The molecule has 0 spiro atoms. The number of nitrogens with one attached hydrogen (secondary N) is 4. The highest BCUT2D eigenvalue weighted by atomic mass is 32.3. The van der Waals surface area contributed by atoms with Gasteiger partial charge in [0.15, 0.2) is 74.6 Å². The van der Waals surface area contributed by atoms with Crippen LogP contribution in [-0.2, 0) is 233 Å². The van der Waals surface area contributed by atoms with E-state index >= 15 is 0 Å². The first-order valence-electron chi connectivity index (χ1n) is 36.0. The highest BCUT2D eigenvalue weighted by Crippen LogP contribution is 2.42. The molecule has 8 aliphatic rings. The van der Waals surface area contributed by atoms with E-state index in [1.807, 2.05) is 5.32 Å². The molecule has 0 aliphatic carbocycles. The van der Waals surface area contributed by atoms with Gasteiger partial charge in [-0.15, -0.1) is 0 Å². The summed E-state index contributed by atoms with van der Waals surface area (Å²) in [7, 11) is -60.2. The van der Waals surface area contributed by atoms with E-state index in [1.54, 1.807) is 0 Å². The molecule has 0 aromatic carbocycles. The van der Waals surface area contributed by atoms with Gasteiger partial charge < -0.3 is 147 Å². The highest BCUT2D eigenvalue weighted by Gasteiger charge is 2.64. The summed E-state index contributed by atoms with van der Waals surface area (Å²) in [4.78, 5) is 64.5. The molecular weight excluding hydrogens is 2130 g/mol. The van der Waals surface area contributed by atoms with Crippen molar-refractivity contribution >= 4 is 133 Å². The second-order valence-corrected chi connectivity index (χ2v) is 39.6. The number of aliphatic carboxylic acids is 4. The van der Waals surface area contributed by atoms with Crippen LogP contribution in [0.1, 0.15) is 6.92 Å². The second kappa shape index (κ2) is 44.9. The lowest BCUT2D eigenvalue weighted by atomic mass is 9.94. The fourth-order valence-electron chi connectivity index (χ4n) is 13.9. The van der Waals surface area contributed by atoms with E-state index in [4.69, 9.17) is 75.8 Å². The third kappa shape index (κ3) is 32.3. The molecule has 0 aromatic rings. The summed E-state index contributed by atoms with van der Waals surface area (Å²) in [6.07, 6.45) is -103. The van der Waals surface area contributed by atoms with Crippen LogP contribution in [0.15, 0.2) is 11.8 Å². The van der Waals surface area contributed by atoms with Crippen LogP contribution in [0, 0.1) is 0 Å². The molecule has 0 aromatic heterocycles. The predicted molar refractivity (Wildman–Crippen MR) is 392 cm³/mol. The number of hydrogen-bond donors (Lipinski definition) is 27. The summed E-state index contributed by atoms with van der Waals surface area (Å²) < 4.78 is 467. The van der Waals surface area contributed by atoms with Gasteiger partial charge >= 0.3 is 128 Å². The Labute approximate surface area is 759 Å². The molecule has 8 rings (SSSR count). The van der Waals surface area contributed by atoms with Crippen LogP contribution in [-0.4, -0.2) is 493 Å². The van der Waals surface area contributed by atoms with Crippen molar-refractivity contribution in [2.45, 2.75) is 240 Å². The van der Waals surface area contributed by atoms with E-state index in [2.05, 4.69) is 29.3 Å². The van der Waals surface area contributed by atoms with Gasteiger partial charge in [-0.2, -0.15) is 98.3 Å². The average Bonchev–Trinajstić information content (AvgIpc) is 0.754. The van der Waals surface area contributed by atoms with Crippen molar-refractivity contribution in [1.29, 1.82) is 0 Å². The zero-order chi connectivity index (χ0) is 103. The third-order valence-corrected chi connectivity index (χ3v) is 23.9. The van der Waals surface area contributed by atoms with E-state index < -0.39 is 399 Å². The van der Waals surface area contributed by atoms with Gasteiger partial charge in [-0.05, 0) is 6.08 Å². The largest absolute Gasteiger partial charge is 0.479 e. The molecule has 7 saturated heterocycles. The highest BCUT2D eigenvalue weighted by molar-refractivity contribution is 7.84. The summed E-state index contributed by atoms with van der Waals surface area (Å²) in [5.74, 6) is -12.1. The molecule has 1 amide bonds. The number of methoxy groups -OCH3 is 1. The molecule has 27 N–H and O–H groups in total. The molecule has 85 heteroatoms. The van der Waals surface area contributed by atoms with E-state index in [0.29, 0.717) is 20.1 Å². The number of aliphatic hydroxyl groups excluding tert-OH is 9. The Morgan fingerprint density at radius 1 is 0.309 bits per heavy atom. The monoisotopic (exact) mass is 2200 g/mol. The average molecular weight is 2210 g/mol. The minimum atomic E-state index is -6.56. The zero-order valence-electron chi connectivity index (χ0n) is 66.3. The molecule has 0 bridgehead atoms. The molecule has 8 aliphatic heterocycles. The van der Waals surface area contributed by atoms with Crippen molar-refractivity contribution in [3.05, 3.63) is 11.8 Å². The number of amides is 1. The number of carbonyl (C=O) groups is 5. The van der Waals surface area contributed by atoms with Gasteiger partial charge in [-0.3, -0.25) is 50.3 Å². The lowest BCUT2D eigenvalue weighted by molar-refractivity contribution is -0.378. The maximum Gasteiger partial charge on any atom is 0.397 e. The van der Waals surface area contributed by atoms with Crippen molar-refractivity contribution in [2.75, 3.05) is 33.5 Å². The number of aliphatic hydroxyl groups is 9. The smallest absolute Gasteiger partial charge is 0.397 e. The Bertz CT molecular complexity index is 5490. The van der Waals surface area contributed by atoms with Gasteiger partial charge in [0.2, 0.25) is 18.0 Å². The van der Waals surface area contributed by atoms with Gasteiger partial charge in [0.05, 0.1) is 26.4 Å². The molecular formula is C51H80N4O71S10. The number of ether oxygens (including phenoxy) is 16. The van der Waals surface area contributed by atoms with Crippen LogP contribution in [0.25, 0.3) is 0 Å². The van der Waals surface area contributed by atoms with Crippen molar-refractivity contribution in [3.63, 3.8) is 0 Å². The standard InChI is InChI=1S/C51H80N4O71S10/c1-8(56)52-15-20(59)27(114-48-19(58)9(57)3-10(109-48)40(66)67)12(5-106-131(86,87)88)111-45(15)118-32-23(62)24(63)49(121-37(32)41(68)69)117-30-14(7-108-133(92,93)94)113-47(18(55-129(80,81)82)31(30)124-134(95,96)97)120-34-26(65)36(126-136(101,102)103)51(123-39(34)43(72)73)116-29-13(6-107-132(89,90)91)112-46(17(22(29)61)54-128(77,78)79)119-33-25(64)35(125-135(98,99)100)50(122-38(33)42(70)71)115-28-11(4-105-130(83,84)85)110-44(104-2)16(21(28)60)53-127(74,75)76/h3,9,11-39,44-51,53-55,57-65H,4-7H2,1-2H3,(H,52,56)(H,66,67)(H,68,69)(H,70,71)(H,72,73)(H,74,75,76)(H,77,78,79)(H,80,81,82)(H,83,84,85)(H,86,87,88)(H,89,90,91)(H,92,93,94)(H,95,96,97)(H,98,99,100)(H,101,102,103)/t9-,11+,12+,13+,14+,15+,16+,17+,18+,19+,20+,21+,22+,23+,24+,25-,26-,27+,28+,29+,30+,31+,32-,33-,34-,35+,36+,37-,38+,39+,44-,45+,46+,47+,48-,49+,50+,51?/m0/s1. The van der Waals surface area contributed by atoms with E-state index in [-0.39, 0.29) is 0 Å². The van der Waals surface area contributed by atoms with Crippen LogP contribution < -0.4 is 19.5 Å². The SMILES string of the molecule is CO[C@H]1O[C@H](COS(=O)(=O)O)[C@@H](O[C@@H]2O[C@@H](C(=O)O)[C@@H](O[C@H]3O[C@H](COS(=O)(=O)O)[C@@H](OC4O[C@@H](C(=O)O)[C@@H](O[C@H]5O[C@H](COS(=O)(=O)O)[C@@H](O[C@@H]6O[C@H](C(=O)O)[C@@H](O[C@H]7O[C@H](COS(=O)(=O)O)[C@@H](O[C@@H]8OC(C(=O)O)=C[C@H](O)[C@H]8O)[C@H](O)[C@H]7NC(C)=O)[C@H](O)[C@H]6O)[C@H](OS(=O)(=O)O)[C@H]5NS(=O)(=O)O)[C@H](O)[C@H]4OS(=O)(=O)O)[C@H](O)[C@H]3NS(=O)(=O)O)[C@H](O)[C@H]2OS(=O)(=O)O)[C@H](O)[C@H]1NS(=O)(=O)O. The quantitative estimate of drug-likeness (QED) is 0.0252.